The van der Waals surface area contributed by atoms with Gasteiger partial charge in [0.1, 0.15) is 17.9 Å². The van der Waals surface area contributed by atoms with E-state index in [1.807, 2.05) is 26.0 Å². The number of rotatable bonds is 4. The van der Waals surface area contributed by atoms with Gasteiger partial charge in [-0.3, -0.25) is 0 Å². The summed E-state index contributed by atoms with van der Waals surface area (Å²) < 4.78 is 11.7. The van der Waals surface area contributed by atoms with Crippen LogP contribution in [-0.4, -0.2) is 11.1 Å². The van der Waals surface area contributed by atoms with Gasteiger partial charge in [0.15, 0.2) is 5.76 Å². The highest BCUT2D eigenvalue weighted by Crippen LogP contribution is 2.27. The van der Waals surface area contributed by atoms with Crippen LogP contribution in [-0.2, 0) is 6.61 Å². The molecule has 2 aromatic rings. The molecule has 1 aromatic carbocycles. The average molecular weight is 325 g/mol. The third-order valence-electron chi connectivity index (χ3n) is 2.76. The van der Waals surface area contributed by atoms with Crippen LogP contribution >= 0.6 is 15.9 Å². The Morgan fingerprint density at radius 3 is 2.58 bits per heavy atom. The van der Waals surface area contributed by atoms with Crippen molar-refractivity contribution in [1.82, 2.24) is 0 Å². The van der Waals surface area contributed by atoms with Crippen molar-refractivity contribution in [1.29, 1.82) is 0 Å². The Labute approximate surface area is 119 Å². The van der Waals surface area contributed by atoms with Gasteiger partial charge >= 0.3 is 5.97 Å². The quantitative estimate of drug-likeness (QED) is 0.925. The van der Waals surface area contributed by atoms with E-state index in [2.05, 4.69) is 15.9 Å². The lowest BCUT2D eigenvalue weighted by Gasteiger charge is -2.09. The van der Waals surface area contributed by atoms with Gasteiger partial charge in [0, 0.05) is 4.47 Å². The minimum atomic E-state index is -1.02. The van der Waals surface area contributed by atoms with E-state index >= 15 is 0 Å². The summed E-state index contributed by atoms with van der Waals surface area (Å²) in [5.41, 5.74) is 2.26. The second-order valence-electron chi connectivity index (χ2n) is 4.22. The number of furan rings is 1. The van der Waals surface area contributed by atoms with Crippen LogP contribution in [0.3, 0.4) is 0 Å². The molecule has 2 rings (SSSR count). The van der Waals surface area contributed by atoms with Crippen molar-refractivity contribution in [3.63, 3.8) is 0 Å². The number of hydrogen-bond donors (Lipinski definition) is 1. The monoisotopic (exact) mass is 324 g/mol. The first kappa shape index (κ1) is 13.7. The maximum absolute atomic E-state index is 10.9. The molecule has 0 spiro atoms. The van der Waals surface area contributed by atoms with E-state index in [-0.39, 0.29) is 12.2 Å². The molecule has 0 saturated carbocycles. The van der Waals surface area contributed by atoms with E-state index in [4.69, 9.17) is 14.3 Å². The number of aromatic carboxylic acids is 1. The zero-order chi connectivity index (χ0) is 14.0. The molecule has 0 fully saturated rings. The van der Waals surface area contributed by atoms with Crippen LogP contribution in [0.5, 0.6) is 5.75 Å². The number of halogens is 1. The van der Waals surface area contributed by atoms with Crippen molar-refractivity contribution in [2.24, 2.45) is 0 Å². The Kier molecular flexibility index (Phi) is 3.95. The molecular weight excluding hydrogens is 312 g/mol. The van der Waals surface area contributed by atoms with E-state index in [1.54, 1.807) is 0 Å². The van der Waals surface area contributed by atoms with Crippen LogP contribution in [0.25, 0.3) is 0 Å². The maximum Gasteiger partial charge on any atom is 0.339 e. The van der Waals surface area contributed by atoms with E-state index in [1.165, 1.54) is 12.3 Å². The van der Waals surface area contributed by atoms with Gasteiger partial charge in [0.25, 0.3) is 0 Å². The van der Waals surface area contributed by atoms with Gasteiger partial charge in [0.05, 0.1) is 6.26 Å². The fraction of sp³-hybridized carbons (Fsp3) is 0.214. The molecule has 1 N–H and O–H groups in total. The van der Waals surface area contributed by atoms with Crippen LogP contribution < -0.4 is 4.74 Å². The van der Waals surface area contributed by atoms with Gasteiger partial charge in [-0.2, -0.15) is 0 Å². The lowest BCUT2D eigenvalue weighted by Crippen LogP contribution is -2.02. The second kappa shape index (κ2) is 5.48. The molecule has 0 radical (unpaired) electrons. The van der Waals surface area contributed by atoms with Gasteiger partial charge in [-0.1, -0.05) is 15.9 Å². The summed E-state index contributed by atoms with van der Waals surface area (Å²) in [6.07, 6.45) is 1.35. The standard InChI is InChI=1S/C14H13BrO4/c1-8-5-10(6-9(2)13(8)15)19-7-12-11(14(16)17)3-4-18-12/h3-6H,7H2,1-2H3,(H,16,17). The molecule has 4 nitrogen and oxygen atoms in total. The smallest absolute Gasteiger partial charge is 0.339 e. The maximum atomic E-state index is 10.9. The zero-order valence-corrected chi connectivity index (χ0v) is 12.2. The average Bonchev–Trinajstić information content (AvgIpc) is 2.81. The zero-order valence-electron chi connectivity index (χ0n) is 10.6. The first-order valence-corrected chi connectivity index (χ1v) is 6.47. The molecule has 0 atom stereocenters. The highest BCUT2D eigenvalue weighted by Gasteiger charge is 2.14. The number of hydrogen-bond acceptors (Lipinski definition) is 3. The summed E-state index contributed by atoms with van der Waals surface area (Å²) in [6.45, 7) is 4.04. The van der Waals surface area contributed by atoms with Crippen molar-refractivity contribution in [2.75, 3.05) is 0 Å². The first-order valence-electron chi connectivity index (χ1n) is 5.68. The lowest BCUT2D eigenvalue weighted by molar-refractivity contribution is 0.0692. The van der Waals surface area contributed by atoms with Crippen LogP contribution in [0.1, 0.15) is 27.2 Å². The normalized spacial score (nSPS) is 10.5. The number of carbonyl (C=O) groups is 1. The Bertz CT molecular complexity index is 593. The van der Waals surface area contributed by atoms with Crippen molar-refractivity contribution in [3.8, 4) is 5.75 Å². The Morgan fingerprint density at radius 2 is 2.00 bits per heavy atom. The molecule has 19 heavy (non-hydrogen) atoms. The fourth-order valence-corrected chi connectivity index (χ4v) is 2.01. The minimum Gasteiger partial charge on any atom is -0.486 e. The number of aryl methyl sites for hydroxylation is 2. The Morgan fingerprint density at radius 1 is 1.37 bits per heavy atom. The van der Waals surface area contributed by atoms with E-state index in [9.17, 15) is 4.79 Å². The van der Waals surface area contributed by atoms with Crippen LogP contribution in [0.15, 0.2) is 33.4 Å². The molecule has 5 heteroatoms. The molecule has 0 unspecified atom stereocenters. The summed E-state index contributed by atoms with van der Waals surface area (Å²) in [7, 11) is 0. The predicted molar refractivity (Wildman–Crippen MR) is 73.6 cm³/mol. The number of carboxylic acid groups (broad SMARTS) is 1. The van der Waals surface area contributed by atoms with E-state index in [0.717, 1.165) is 15.6 Å². The van der Waals surface area contributed by atoms with Crippen LogP contribution in [0.2, 0.25) is 0 Å². The summed E-state index contributed by atoms with van der Waals surface area (Å²) in [5, 5.41) is 8.95. The highest BCUT2D eigenvalue weighted by atomic mass is 79.9. The Balaban J connectivity index is 2.15. The van der Waals surface area contributed by atoms with Gasteiger partial charge in [-0.25, -0.2) is 4.79 Å². The van der Waals surface area contributed by atoms with Crippen molar-refractivity contribution < 1.29 is 19.1 Å². The third-order valence-corrected chi connectivity index (χ3v) is 4.01. The highest BCUT2D eigenvalue weighted by molar-refractivity contribution is 9.10. The first-order chi connectivity index (χ1) is 8.99. The SMILES string of the molecule is Cc1cc(OCc2occc2C(=O)O)cc(C)c1Br. The number of ether oxygens (including phenoxy) is 1. The lowest BCUT2D eigenvalue weighted by atomic mass is 10.1. The van der Waals surface area contributed by atoms with Crippen molar-refractivity contribution in [2.45, 2.75) is 20.5 Å². The molecule has 0 saturated heterocycles. The molecule has 1 aromatic heterocycles. The van der Waals surface area contributed by atoms with Crippen molar-refractivity contribution >= 4 is 21.9 Å². The summed E-state index contributed by atoms with van der Waals surface area (Å²) in [4.78, 5) is 10.9. The van der Waals surface area contributed by atoms with Gasteiger partial charge in [-0.05, 0) is 43.2 Å². The van der Waals surface area contributed by atoms with Crippen LogP contribution in [0, 0.1) is 13.8 Å². The van der Waals surface area contributed by atoms with E-state index < -0.39 is 5.97 Å². The number of carboxylic acids is 1. The van der Waals surface area contributed by atoms with Gasteiger partial charge < -0.3 is 14.3 Å². The summed E-state index contributed by atoms with van der Waals surface area (Å²) in [5.74, 6) is -0.0211. The largest absolute Gasteiger partial charge is 0.486 e. The molecule has 100 valence electrons. The molecule has 0 aliphatic rings. The number of benzene rings is 1. The molecule has 0 amide bonds. The predicted octanol–water partition coefficient (Wildman–Crippen LogP) is 3.94. The van der Waals surface area contributed by atoms with Crippen LogP contribution in [0.4, 0.5) is 0 Å². The third kappa shape index (κ3) is 2.98. The minimum absolute atomic E-state index is 0.0924. The molecule has 0 aliphatic carbocycles. The topological polar surface area (TPSA) is 59.7 Å². The van der Waals surface area contributed by atoms with Gasteiger partial charge in [-0.15, -0.1) is 0 Å². The molecule has 0 aliphatic heterocycles. The molecule has 0 bridgehead atoms. The summed E-state index contributed by atoms with van der Waals surface area (Å²) in [6, 6.07) is 5.19. The Hall–Kier alpha value is -1.75. The second-order valence-corrected chi connectivity index (χ2v) is 5.02. The molecule has 1 heterocycles. The fourth-order valence-electron chi connectivity index (χ4n) is 1.78. The summed E-state index contributed by atoms with van der Waals surface area (Å²) >= 11 is 3.48. The van der Waals surface area contributed by atoms with Crippen molar-refractivity contribution in [3.05, 3.63) is 51.4 Å². The van der Waals surface area contributed by atoms with Gasteiger partial charge in [0.2, 0.25) is 0 Å². The molecular formula is C14H13BrO4. The van der Waals surface area contributed by atoms with E-state index in [0.29, 0.717) is 11.5 Å².